The van der Waals surface area contributed by atoms with Gasteiger partial charge in [-0.2, -0.15) is 0 Å². The monoisotopic (exact) mass is 304 g/mol. The van der Waals surface area contributed by atoms with E-state index in [9.17, 15) is 0 Å². The van der Waals surface area contributed by atoms with Gasteiger partial charge in [0, 0.05) is 26.0 Å². The number of rotatable bonds is 7. The molecule has 0 bridgehead atoms. The number of hydrogen-bond donors (Lipinski definition) is 1. The average Bonchev–Trinajstić information content (AvgIpc) is 2.48. The summed E-state index contributed by atoms with van der Waals surface area (Å²) >= 11 is 6.35. The van der Waals surface area contributed by atoms with Crippen LogP contribution < -0.4 is 10.2 Å². The molecule has 0 radical (unpaired) electrons. The quantitative estimate of drug-likeness (QED) is 0.797. The van der Waals surface area contributed by atoms with Gasteiger partial charge >= 0.3 is 0 Å². The van der Waals surface area contributed by atoms with Crippen LogP contribution >= 0.6 is 11.6 Å². The van der Waals surface area contributed by atoms with Crippen LogP contribution in [0.2, 0.25) is 5.02 Å². The van der Waals surface area contributed by atoms with E-state index in [0.717, 1.165) is 36.6 Å². The first-order valence-corrected chi connectivity index (χ1v) is 7.54. The second kappa shape index (κ2) is 7.96. The van der Waals surface area contributed by atoms with E-state index < -0.39 is 0 Å². The first-order valence-electron chi connectivity index (χ1n) is 7.17. The summed E-state index contributed by atoms with van der Waals surface area (Å²) in [5, 5.41) is 4.02. The van der Waals surface area contributed by atoms with Crippen LogP contribution in [0.5, 0.6) is 0 Å². The van der Waals surface area contributed by atoms with E-state index in [0.29, 0.717) is 11.6 Å². The number of aromatic nitrogens is 2. The Kier molecular flexibility index (Phi) is 5.96. The molecule has 21 heavy (non-hydrogen) atoms. The molecule has 0 aliphatic carbocycles. The summed E-state index contributed by atoms with van der Waals surface area (Å²) in [6.45, 7) is 4.62. The Morgan fingerprint density at radius 3 is 2.81 bits per heavy atom. The number of nitrogens with one attached hydrogen (secondary N) is 1. The summed E-state index contributed by atoms with van der Waals surface area (Å²) in [6.07, 6.45) is 4.78. The zero-order chi connectivity index (χ0) is 15.1. The lowest BCUT2D eigenvalue weighted by atomic mass is 10.2. The molecule has 0 amide bonds. The Morgan fingerprint density at radius 1 is 1.29 bits per heavy atom. The average molecular weight is 305 g/mol. The van der Waals surface area contributed by atoms with Gasteiger partial charge in [-0.25, -0.2) is 4.98 Å². The molecule has 112 valence electrons. The highest BCUT2D eigenvalue weighted by Crippen LogP contribution is 2.24. The largest absolute Gasteiger partial charge is 0.353 e. The van der Waals surface area contributed by atoms with Crippen LogP contribution in [-0.4, -0.2) is 23.6 Å². The van der Waals surface area contributed by atoms with Gasteiger partial charge in [-0.3, -0.25) is 4.98 Å². The fraction of sp³-hybridized carbons (Fsp3) is 0.375. The summed E-state index contributed by atoms with van der Waals surface area (Å²) in [5.41, 5.74) is 2.09. The normalized spacial score (nSPS) is 10.6. The lowest BCUT2D eigenvalue weighted by molar-refractivity contribution is 0.673. The maximum Gasteiger partial charge on any atom is 0.147 e. The first-order chi connectivity index (χ1) is 10.2. The molecule has 0 aromatic carbocycles. The Bertz CT molecular complexity index is 559. The van der Waals surface area contributed by atoms with E-state index in [1.54, 1.807) is 6.20 Å². The van der Waals surface area contributed by atoms with Crippen LogP contribution in [0.15, 0.2) is 36.7 Å². The number of nitrogens with zero attached hydrogens (tertiary/aromatic N) is 3. The van der Waals surface area contributed by atoms with E-state index in [2.05, 4.69) is 22.2 Å². The zero-order valence-corrected chi connectivity index (χ0v) is 13.3. The van der Waals surface area contributed by atoms with Crippen molar-refractivity contribution in [3.8, 4) is 0 Å². The van der Waals surface area contributed by atoms with Crippen LogP contribution in [0.4, 0.5) is 5.82 Å². The minimum absolute atomic E-state index is 0.671. The molecule has 0 fully saturated rings. The molecule has 2 aromatic heterocycles. The van der Waals surface area contributed by atoms with Crippen molar-refractivity contribution in [1.29, 1.82) is 0 Å². The Morgan fingerprint density at radius 2 is 2.14 bits per heavy atom. The van der Waals surface area contributed by atoms with Crippen LogP contribution in [-0.2, 0) is 13.1 Å². The molecule has 0 spiro atoms. The lowest BCUT2D eigenvalue weighted by Gasteiger charge is -2.19. The van der Waals surface area contributed by atoms with E-state index >= 15 is 0 Å². The van der Waals surface area contributed by atoms with Crippen molar-refractivity contribution in [1.82, 2.24) is 15.3 Å². The molecule has 2 heterocycles. The Hall–Kier alpha value is -1.65. The topological polar surface area (TPSA) is 41.1 Å². The van der Waals surface area contributed by atoms with Gasteiger partial charge in [-0.15, -0.1) is 0 Å². The predicted molar refractivity (Wildman–Crippen MR) is 87.6 cm³/mol. The second-order valence-corrected chi connectivity index (χ2v) is 5.41. The number of anilines is 1. The lowest BCUT2D eigenvalue weighted by Crippen LogP contribution is -2.19. The van der Waals surface area contributed by atoms with Crippen molar-refractivity contribution in [3.63, 3.8) is 0 Å². The van der Waals surface area contributed by atoms with Gasteiger partial charge in [0.1, 0.15) is 5.82 Å². The summed E-state index contributed by atoms with van der Waals surface area (Å²) < 4.78 is 0. The van der Waals surface area contributed by atoms with E-state index in [1.165, 1.54) is 0 Å². The minimum Gasteiger partial charge on any atom is -0.353 e. The molecule has 1 N–H and O–H groups in total. The maximum absolute atomic E-state index is 6.35. The van der Waals surface area contributed by atoms with Gasteiger partial charge in [0.15, 0.2) is 0 Å². The van der Waals surface area contributed by atoms with Crippen molar-refractivity contribution in [2.75, 3.05) is 18.5 Å². The van der Waals surface area contributed by atoms with Crippen LogP contribution in [0.1, 0.15) is 24.6 Å². The van der Waals surface area contributed by atoms with Gasteiger partial charge in [-0.05, 0) is 36.7 Å². The summed E-state index contributed by atoms with van der Waals surface area (Å²) in [5.74, 6) is 0.779. The molecule has 4 nitrogen and oxygen atoms in total. The van der Waals surface area contributed by atoms with Crippen molar-refractivity contribution in [3.05, 3.63) is 52.9 Å². The number of halogens is 1. The highest BCUT2D eigenvalue weighted by atomic mass is 35.5. The summed E-state index contributed by atoms with van der Waals surface area (Å²) in [4.78, 5) is 10.8. The van der Waals surface area contributed by atoms with Gasteiger partial charge < -0.3 is 10.2 Å². The second-order valence-electron chi connectivity index (χ2n) is 5.00. The highest BCUT2D eigenvalue weighted by molar-refractivity contribution is 6.33. The molecule has 0 atom stereocenters. The molecular formula is C16H21ClN4. The smallest absolute Gasteiger partial charge is 0.147 e. The third kappa shape index (κ3) is 4.69. The molecule has 2 aromatic rings. The fourth-order valence-corrected chi connectivity index (χ4v) is 2.40. The number of pyridine rings is 2. The molecule has 0 saturated carbocycles. The maximum atomic E-state index is 6.35. The fourth-order valence-electron chi connectivity index (χ4n) is 2.07. The third-order valence-corrected chi connectivity index (χ3v) is 3.40. The Balaban J connectivity index is 2.02. The summed E-state index contributed by atoms with van der Waals surface area (Å²) in [7, 11) is 1.97. The van der Waals surface area contributed by atoms with Crippen LogP contribution in [0.3, 0.4) is 0 Å². The van der Waals surface area contributed by atoms with E-state index in [4.69, 9.17) is 11.6 Å². The SMILES string of the molecule is CCCNCc1cnc(N(C)Cc2ccccn2)c(Cl)c1. The van der Waals surface area contributed by atoms with Gasteiger partial charge in [0.25, 0.3) is 0 Å². The van der Waals surface area contributed by atoms with Gasteiger partial charge in [-0.1, -0.05) is 24.6 Å². The van der Waals surface area contributed by atoms with Gasteiger partial charge in [0.2, 0.25) is 0 Å². The van der Waals surface area contributed by atoms with Crippen LogP contribution in [0.25, 0.3) is 0 Å². The molecule has 5 heteroatoms. The number of hydrogen-bond acceptors (Lipinski definition) is 4. The van der Waals surface area contributed by atoms with E-state index in [-0.39, 0.29) is 0 Å². The van der Waals surface area contributed by atoms with E-state index in [1.807, 2.05) is 42.4 Å². The Labute approximate surface area is 131 Å². The van der Waals surface area contributed by atoms with Crippen molar-refractivity contribution < 1.29 is 0 Å². The van der Waals surface area contributed by atoms with Crippen molar-refractivity contribution in [2.24, 2.45) is 0 Å². The minimum atomic E-state index is 0.671. The standard InChI is InChI=1S/C16H21ClN4/c1-3-7-18-10-13-9-15(17)16(20-11-13)21(2)12-14-6-4-5-8-19-14/h4-6,8-9,11,18H,3,7,10,12H2,1-2H3. The first kappa shape index (κ1) is 15.7. The van der Waals surface area contributed by atoms with Crippen LogP contribution in [0, 0.1) is 0 Å². The molecule has 0 saturated heterocycles. The van der Waals surface area contributed by atoms with Crippen molar-refractivity contribution in [2.45, 2.75) is 26.4 Å². The van der Waals surface area contributed by atoms with Gasteiger partial charge in [0.05, 0.1) is 17.3 Å². The molecular weight excluding hydrogens is 284 g/mol. The zero-order valence-electron chi connectivity index (χ0n) is 12.5. The molecule has 0 unspecified atom stereocenters. The highest BCUT2D eigenvalue weighted by Gasteiger charge is 2.09. The molecule has 0 aliphatic rings. The molecule has 2 rings (SSSR count). The predicted octanol–water partition coefficient (Wildman–Crippen LogP) is 3.27. The molecule has 0 aliphatic heterocycles. The van der Waals surface area contributed by atoms with Crippen molar-refractivity contribution >= 4 is 17.4 Å². The summed E-state index contributed by atoms with van der Waals surface area (Å²) in [6, 6.07) is 7.86. The third-order valence-electron chi connectivity index (χ3n) is 3.12.